The van der Waals surface area contributed by atoms with Crippen LogP contribution in [0.25, 0.3) is 11.4 Å². The van der Waals surface area contributed by atoms with Crippen molar-refractivity contribution in [2.75, 3.05) is 13.1 Å². The van der Waals surface area contributed by atoms with Gasteiger partial charge >= 0.3 is 0 Å². The largest absolute Gasteiger partial charge is 0.356 e. The summed E-state index contributed by atoms with van der Waals surface area (Å²) in [7, 11) is 0. The molecule has 0 bridgehead atoms. The zero-order valence-electron chi connectivity index (χ0n) is 12.7. The molecule has 1 aliphatic rings. The molecule has 2 N–H and O–H groups in total. The number of halogens is 1. The van der Waals surface area contributed by atoms with E-state index in [0.717, 1.165) is 24.9 Å². The molecular weight excluding hydrogens is 316 g/mol. The van der Waals surface area contributed by atoms with Crippen molar-refractivity contribution in [2.24, 2.45) is 0 Å². The normalized spacial score (nSPS) is 17.3. The Morgan fingerprint density at radius 1 is 1.39 bits per heavy atom. The number of aromatic nitrogens is 2. The first-order valence-electron chi connectivity index (χ1n) is 7.79. The zero-order valence-corrected chi connectivity index (χ0v) is 13.5. The number of benzene rings is 1. The highest BCUT2D eigenvalue weighted by molar-refractivity contribution is 6.30. The maximum Gasteiger partial charge on any atom is 0.228 e. The maximum absolute atomic E-state index is 11.8. The molecular formula is C16H19ClN4O2. The minimum atomic E-state index is 0.0573. The summed E-state index contributed by atoms with van der Waals surface area (Å²) >= 11 is 5.85. The van der Waals surface area contributed by atoms with Gasteiger partial charge in [-0.05, 0) is 43.7 Å². The maximum atomic E-state index is 11.8. The van der Waals surface area contributed by atoms with Crippen LogP contribution in [0.1, 0.15) is 25.2 Å². The van der Waals surface area contributed by atoms with E-state index >= 15 is 0 Å². The summed E-state index contributed by atoms with van der Waals surface area (Å²) in [4.78, 5) is 16.1. The minimum absolute atomic E-state index is 0.0573. The van der Waals surface area contributed by atoms with Crippen LogP contribution in [0.3, 0.4) is 0 Å². The summed E-state index contributed by atoms with van der Waals surface area (Å²) < 4.78 is 5.21. The summed E-state index contributed by atoms with van der Waals surface area (Å²) in [6.45, 7) is 1.50. The lowest BCUT2D eigenvalue weighted by molar-refractivity contribution is -0.121. The van der Waals surface area contributed by atoms with Crippen molar-refractivity contribution in [1.82, 2.24) is 20.8 Å². The second kappa shape index (κ2) is 7.57. The Labute approximate surface area is 139 Å². The molecule has 0 saturated carbocycles. The molecule has 3 rings (SSSR count). The first kappa shape index (κ1) is 16.0. The molecule has 1 saturated heterocycles. The number of amides is 1. The smallest absolute Gasteiger partial charge is 0.228 e. The standard InChI is InChI=1S/C16H19ClN4O2/c17-12-5-3-11(4-6-12)16-20-15(23-21-16)7-9-19-14(22)10-13-2-1-8-18-13/h3-6,13,18H,1-2,7-10H2,(H,19,22). The Morgan fingerprint density at radius 2 is 2.22 bits per heavy atom. The Kier molecular flexibility index (Phi) is 5.25. The average molecular weight is 335 g/mol. The van der Waals surface area contributed by atoms with Gasteiger partial charge in [0.15, 0.2) is 0 Å². The van der Waals surface area contributed by atoms with Gasteiger partial charge in [0.2, 0.25) is 17.6 Å². The predicted molar refractivity (Wildman–Crippen MR) is 87.1 cm³/mol. The molecule has 1 unspecified atom stereocenters. The summed E-state index contributed by atoms with van der Waals surface area (Å²) in [6, 6.07) is 7.56. The molecule has 0 aliphatic carbocycles. The molecule has 1 amide bonds. The number of carbonyl (C=O) groups is 1. The highest BCUT2D eigenvalue weighted by Crippen LogP contribution is 2.18. The quantitative estimate of drug-likeness (QED) is 0.846. The second-order valence-electron chi connectivity index (χ2n) is 5.62. The summed E-state index contributed by atoms with van der Waals surface area (Å²) in [5, 5.41) is 10.8. The third-order valence-electron chi connectivity index (χ3n) is 3.83. The highest BCUT2D eigenvalue weighted by Gasteiger charge is 2.17. The van der Waals surface area contributed by atoms with Crippen LogP contribution in [-0.2, 0) is 11.2 Å². The Hall–Kier alpha value is -1.92. The van der Waals surface area contributed by atoms with E-state index in [0.29, 0.717) is 42.2 Å². The van der Waals surface area contributed by atoms with E-state index in [-0.39, 0.29) is 5.91 Å². The predicted octanol–water partition coefficient (Wildman–Crippen LogP) is 2.19. The van der Waals surface area contributed by atoms with E-state index in [1.54, 1.807) is 12.1 Å². The van der Waals surface area contributed by atoms with Crippen molar-refractivity contribution in [1.29, 1.82) is 0 Å². The monoisotopic (exact) mass is 334 g/mol. The molecule has 7 heteroatoms. The van der Waals surface area contributed by atoms with Gasteiger partial charge in [-0.15, -0.1) is 0 Å². The summed E-state index contributed by atoms with van der Waals surface area (Å²) in [6.07, 6.45) is 3.26. The molecule has 6 nitrogen and oxygen atoms in total. The van der Waals surface area contributed by atoms with Gasteiger partial charge in [0.05, 0.1) is 0 Å². The fourth-order valence-electron chi connectivity index (χ4n) is 2.61. The molecule has 1 fully saturated rings. The van der Waals surface area contributed by atoms with Gasteiger partial charge in [0.25, 0.3) is 0 Å². The van der Waals surface area contributed by atoms with Gasteiger partial charge < -0.3 is 15.2 Å². The molecule has 1 aromatic carbocycles. The van der Waals surface area contributed by atoms with Gasteiger partial charge in [-0.25, -0.2) is 0 Å². The topological polar surface area (TPSA) is 80.0 Å². The zero-order chi connectivity index (χ0) is 16.1. The van der Waals surface area contributed by atoms with Crippen molar-refractivity contribution in [2.45, 2.75) is 31.7 Å². The molecule has 2 aromatic rings. The lowest BCUT2D eigenvalue weighted by atomic mass is 10.1. The Bertz CT molecular complexity index is 650. The lowest BCUT2D eigenvalue weighted by Crippen LogP contribution is -2.32. The fourth-order valence-corrected chi connectivity index (χ4v) is 2.73. The van der Waals surface area contributed by atoms with Crippen LogP contribution in [0.2, 0.25) is 5.02 Å². The van der Waals surface area contributed by atoms with Gasteiger partial charge in [-0.2, -0.15) is 4.98 Å². The van der Waals surface area contributed by atoms with Crippen LogP contribution in [0.4, 0.5) is 0 Å². The molecule has 122 valence electrons. The van der Waals surface area contributed by atoms with E-state index in [4.69, 9.17) is 16.1 Å². The first-order chi connectivity index (χ1) is 11.2. The molecule has 0 radical (unpaired) electrons. The number of rotatable bonds is 6. The Balaban J connectivity index is 1.45. The van der Waals surface area contributed by atoms with E-state index < -0.39 is 0 Å². The molecule has 2 heterocycles. The van der Waals surface area contributed by atoms with Crippen LogP contribution in [-0.4, -0.2) is 35.2 Å². The number of hydrogen-bond acceptors (Lipinski definition) is 5. The minimum Gasteiger partial charge on any atom is -0.356 e. The third kappa shape index (κ3) is 4.53. The van der Waals surface area contributed by atoms with Crippen molar-refractivity contribution in [3.8, 4) is 11.4 Å². The SMILES string of the molecule is O=C(CC1CCCN1)NCCc1nc(-c2ccc(Cl)cc2)no1. The molecule has 1 aliphatic heterocycles. The van der Waals surface area contributed by atoms with Crippen LogP contribution < -0.4 is 10.6 Å². The number of nitrogens with zero attached hydrogens (tertiary/aromatic N) is 2. The van der Waals surface area contributed by atoms with Crippen LogP contribution in [0.5, 0.6) is 0 Å². The van der Waals surface area contributed by atoms with E-state index in [2.05, 4.69) is 20.8 Å². The van der Waals surface area contributed by atoms with Crippen molar-refractivity contribution < 1.29 is 9.32 Å². The van der Waals surface area contributed by atoms with Crippen molar-refractivity contribution in [3.63, 3.8) is 0 Å². The van der Waals surface area contributed by atoms with E-state index in [9.17, 15) is 4.79 Å². The van der Waals surface area contributed by atoms with E-state index in [1.807, 2.05) is 12.1 Å². The van der Waals surface area contributed by atoms with Gasteiger partial charge in [-0.3, -0.25) is 4.79 Å². The third-order valence-corrected chi connectivity index (χ3v) is 4.08. The molecule has 1 aromatic heterocycles. The average Bonchev–Trinajstić information content (AvgIpc) is 3.20. The molecule has 0 spiro atoms. The fraction of sp³-hybridized carbons (Fsp3) is 0.438. The summed E-state index contributed by atoms with van der Waals surface area (Å²) in [5.41, 5.74) is 0.848. The van der Waals surface area contributed by atoms with Gasteiger partial charge in [-0.1, -0.05) is 16.8 Å². The first-order valence-corrected chi connectivity index (χ1v) is 8.17. The van der Waals surface area contributed by atoms with Crippen LogP contribution >= 0.6 is 11.6 Å². The van der Waals surface area contributed by atoms with Crippen LogP contribution in [0.15, 0.2) is 28.8 Å². The Morgan fingerprint density at radius 3 is 2.96 bits per heavy atom. The molecule has 23 heavy (non-hydrogen) atoms. The van der Waals surface area contributed by atoms with E-state index in [1.165, 1.54) is 0 Å². The van der Waals surface area contributed by atoms with Crippen molar-refractivity contribution in [3.05, 3.63) is 35.2 Å². The number of carbonyl (C=O) groups excluding carboxylic acids is 1. The summed E-state index contributed by atoms with van der Waals surface area (Å²) in [5.74, 6) is 1.09. The lowest BCUT2D eigenvalue weighted by Gasteiger charge is -2.09. The second-order valence-corrected chi connectivity index (χ2v) is 6.05. The van der Waals surface area contributed by atoms with Crippen molar-refractivity contribution >= 4 is 17.5 Å². The van der Waals surface area contributed by atoms with Crippen LogP contribution in [0, 0.1) is 0 Å². The molecule has 1 atom stereocenters. The number of hydrogen-bond donors (Lipinski definition) is 2. The highest BCUT2D eigenvalue weighted by atomic mass is 35.5. The van der Waals surface area contributed by atoms with Gasteiger partial charge in [0, 0.05) is 36.0 Å². The van der Waals surface area contributed by atoms with Gasteiger partial charge in [0.1, 0.15) is 0 Å². The number of nitrogens with one attached hydrogen (secondary N) is 2.